The molecule has 1 heterocycles. The van der Waals surface area contributed by atoms with Gasteiger partial charge in [-0.25, -0.2) is 0 Å². The lowest BCUT2D eigenvalue weighted by molar-refractivity contribution is -0.0867. The summed E-state index contributed by atoms with van der Waals surface area (Å²) in [5.41, 5.74) is 0.710. The summed E-state index contributed by atoms with van der Waals surface area (Å²) in [5.74, 6) is 1.42. The van der Waals surface area contributed by atoms with Gasteiger partial charge in [0, 0.05) is 0 Å². The molecule has 0 spiro atoms. The van der Waals surface area contributed by atoms with Crippen molar-refractivity contribution >= 4 is 0 Å². The number of nitriles is 1. The standard InChI is InChI=1S/C15H17NO3/c1-17-12-4-3-11(7-13(12)18-2)15(9-19-10-15)14(8-16)5-6-14/h3-4,7H,5-6,9-10H2,1-2H3. The number of ether oxygens (including phenoxy) is 3. The van der Waals surface area contributed by atoms with E-state index in [0.717, 1.165) is 18.4 Å². The molecule has 0 bridgehead atoms. The second-order valence-corrected chi connectivity index (χ2v) is 5.34. The van der Waals surface area contributed by atoms with Crippen molar-refractivity contribution in [3.63, 3.8) is 0 Å². The highest BCUT2D eigenvalue weighted by Crippen LogP contribution is 2.62. The van der Waals surface area contributed by atoms with Gasteiger partial charge in [-0.15, -0.1) is 0 Å². The average Bonchev–Trinajstić information content (AvgIpc) is 3.18. The summed E-state index contributed by atoms with van der Waals surface area (Å²) in [5, 5.41) is 9.48. The van der Waals surface area contributed by atoms with Crippen molar-refractivity contribution < 1.29 is 14.2 Å². The maximum absolute atomic E-state index is 9.48. The Balaban J connectivity index is 2.04. The van der Waals surface area contributed by atoms with Crippen molar-refractivity contribution in [3.8, 4) is 17.6 Å². The van der Waals surface area contributed by atoms with Crippen LogP contribution in [-0.2, 0) is 10.2 Å². The highest BCUT2D eigenvalue weighted by molar-refractivity contribution is 5.48. The molecular weight excluding hydrogens is 242 g/mol. The molecular formula is C15H17NO3. The molecule has 4 heteroatoms. The monoisotopic (exact) mass is 259 g/mol. The van der Waals surface area contributed by atoms with Gasteiger partial charge in [-0.05, 0) is 30.5 Å². The molecule has 100 valence electrons. The molecule has 1 aliphatic heterocycles. The molecule has 1 aromatic carbocycles. The lowest BCUT2D eigenvalue weighted by Gasteiger charge is -2.45. The van der Waals surface area contributed by atoms with Gasteiger partial charge in [0.2, 0.25) is 0 Å². The van der Waals surface area contributed by atoms with Gasteiger partial charge in [0.05, 0.1) is 44.3 Å². The Bertz CT molecular complexity index is 539. The molecule has 1 saturated heterocycles. The highest BCUT2D eigenvalue weighted by Gasteiger charge is 2.64. The first-order valence-electron chi connectivity index (χ1n) is 6.43. The van der Waals surface area contributed by atoms with Crippen LogP contribution >= 0.6 is 0 Å². The third-order valence-electron chi connectivity index (χ3n) is 4.51. The van der Waals surface area contributed by atoms with Crippen LogP contribution in [0, 0.1) is 16.7 Å². The molecule has 0 radical (unpaired) electrons. The summed E-state index contributed by atoms with van der Waals surface area (Å²) in [4.78, 5) is 0. The Morgan fingerprint density at radius 1 is 1.16 bits per heavy atom. The van der Waals surface area contributed by atoms with Gasteiger partial charge in [-0.1, -0.05) is 6.07 Å². The third-order valence-corrected chi connectivity index (χ3v) is 4.51. The SMILES string of the molecule is COc1ccc(C2(C3(C#N)CC3)COC2)cc1OC. The molecule has 1 aromatic rings. The van der Waals surface area contributed by atoms with Gasteiger partial charge in [0.15, 0.2) is 11.5 Å². The smallest absolute Gasteiger partial charge is 0.161 e. The number of methoxy groups -OCH3 is 2. The largest absolute Gasteiger partial charge is 0.493 e. The van der Waals surface area contributed by atoms with Crippen molar-refractivity contribution in [2.24, 2.45) is 5.41 Å². The maximum Gasteiger partial charge on any atom is 0.161 e. The zero-order chi connectivity index (χ0) is 13.5. The van der Waals surface area contributed by atoms with Crippen LogP contribution in [0.1, 0.15) is 18.4 Å². The first kappa shape index (κ1) is 12.3. The fourth-order valence-corrected chi connectivity index (χ4v) is 2.98. The lowest BCUT2D eigenvalue weighted by atomic mass is 9.66. The Hall–Kier alpha value is -1.73. The molecule has 2 fully saturated rings. The van der Waals surface area contributed by atoms with Crippen LogP contribution < -0.4 is 9.47 Å². The second kappa shape index (κ2) is 4.14. The second-order valence-electron chi connectivity index (χ2n) is 5.34. The van der Waals surface area contributed by atoms with E-state index >= 15 is 0 Å². The Labute approximate surface area is 112 Å². The van der Waals surface area contributed by atoms with Crippen LogP contribution in [0.4, 0.5) is 0 Å². The highest BCUT2D eigenvalue weighted by atomic mass is 16.5. The molecule has 1 aliphatic carbocycles. The number of hydrogen-bond acceptors (Lipinski definition) is 4. The first-order chi connectivity index (χ1) is 9.21. The van der Waals surface area contributed by atoms with Gasteiger partial charge in [-0.3, -0.25) is 0 Å². The summed E-state index contributed by atoms with van der Waals surface area (Å²) < 4.78 is 16.0. The predicted octanol–water partition coefficient (Wildman–Crippen LogP) is 2.28. The quantitative estimate of drug-likeness (QED) is 0.832. The molecule has 4 nitrogen and oxygen atoms in total. The molecule has 1 saturated carbocycles. The minimum absolute atomic E-state index is 0.165. The van der Waals surface area contributed by atoms with Crippen LogP contribution in [0.15, 0.2) is 18.2 Å². The van der Waals surface area contributed by atoms with Crippen molar-refractivity contribution in [1.29, 1.82) is 5.26 Å². The molecule has 0 aromatic heterocycles. The van der Waals surface area contributed by atoms with Crippen LogP contribution in [-0.4, -0.2) is 27.4 Å². The van der Waals surface area contributed by atoms with E-state index in [0.29, 0.717) is 24.7 Å². The topological polar surface area (TPSA) is 51.5 Å². The summed E-state index contributed by atoms with van der Waals surface area (Å²) in [6.07, 6.45) is 1.92. The van der Waals surface area contributed by atoms with Crippen molar-refractivity contribution in [1.82, 2.24) is 0 Å². The van der Waals surface area contributed by atoms with E-state index in [1.807, 2.05) is 18.2 Å². The first-order valence-corrected chi connectivity index (χ1v) is 6.43. The summed E-state index contributed by atoms with van der Waals surface area (Å²) in [6.45, 7) is 1.24. The fraction of sp³-hybridized carbons (Fsp3) is 0.533. The molecule has 0 N–H and O–H groups in total. The van der Waals surface area contributed by atoms with Crippen LogP contribution in [0.5, 0.6) is 11.5 Å². The fourth-order valence-electron chi connectivity index (χ4n) is 2.98. The maximum atomic E-state index is 9.48. The van der Waals surface area contributed by atoms with Gasteiger partial charge in [0.1, 0.15) is 0 Å². The summed E-state index contributed by atoms with van der Waals surface area (Å²) in [7, 11) is 3.25. The average molecular weight is 259 g/mol. The van der Waals surface area contributed by atoms with Gasteiger partial charge < -0.3 is 14.2 Å². The third kappa shape index (κ3) is 1.55. The van der Waals surface area contributed by atoms with Crippen molar-refractivity contribution in [3.05, 3.63) is 23.8 Å². The van der Waals surface area contributed by atoms with Gasteiger partial charge in [0.25, 0.3) is 0 Å². The normalized spacial score (nSPS) is 21.9. The molecule has 0 amide bonds. The zero-order valence-electron chi connectivity index (χ0n) is 11.2. The molecule has 3 rings (SSSR count). The van der Waals surface area contributed by atoms with E-state index in [9.17, 15) is 5.26 Å². The Morgan fingerprint density at radius 2 is 1.84 bits per heavy atom. The van der Waals surface area contributed by atoms with Crippen LogP contribution in [0.2, 0.25) is 0 Å². The number of benzene rings is 1. The van der Waals surface area contributed by atoms with E-state index in [2.05, 4.69) is 6.07 Å². The summed E-state index contributed by atoms with van der Waals surface area (Å²) >= 11 is 0. The zero-order valence-corrected chi connectivity index (χ0v) is 11.2. The molecule has 2 aliphatic rings. The Morgan fingerprint density at radius 3 is 2.26 bits per heavy atom. The van der Waals surface area contributed by atoms with E-state index in [1.165, 1.54) is 0 Å². The van der Waals surface area contributed by atoms with Crippen molar-refractivity contribution in [2.45, 2.75) is 18.3 Å². The molecule has 0 atom stereocenters. The van der Waals surface area contributed by atoms with E-state index in [-0.39, 0.29) is 10.8 Å². The van der Waals surface area contributed by atoms with Crippen molar-refractivity contribution in [2.75, 3.05) is 27.4 Å². The minimum atomic E-state index is -0.245. The number of rotatable bonds is 4. The van der Waals surface area contributed by atoms with E-state index in [4.69, 9.17) is 14.2 Å². The number of nitrogens with zero attached hydrogens (tertiary/aromatic N) is 1. The number of hydrogen-bond donors (Lipinski definition) is 0. The summed E-state index contributed by atoms with van der Waals surface area (Å²) in [6, 6.07) is 8.43. The Kier molecular flexibility index (Phi) is 2.68. The van der Waals surface area contributed by atoms with E-state index < -0.39 is 0 Å². The van der Waals surface area contributed by atoms with E-state index in [1.54, 1.807) is 14.2 Å². The van der Waals surface area contributed by atoms with Crippen LogP contribution in [0.25, 0.3) is 0 Å². The minimum Gasteiger partial charge on any atom is -0.493 e. The van der Waals surface area contributed by atoms with Crippen LogP contribution in [0.3, 0.4) is 0 Å². The molecule has 19 heavy (non-hydrogen) atoms. The predicted molar refractivity (Wildman–Crippen MR) is 69.3 cm³/mol. The molecule has 0 unspecified atom stereocenters. The van der Waals surface area contributed by atoms with Gasteiger partial charge >= 0.3 is 0 Å². The lowest BCUT2D eigenvalue weighted by Crippen LogP contribution is -2.53. The van der Waals surface area contributed by atoms with Gasteiger partial charge in [-0.2, -0.15) is 5.26 Å².